The predicted octanol–water partition coefficient (Wildman–Crippen LogP) is 3.37. The van der Waals surface area contributed by atoms with E-state index in [-0.39, 0.29) is 24.4 Å². The summed E-state index contributed by atoms with van der Waals surface area (Å²) in [6.07, 6.45) is 0.0649. The standard InChI is InChI=1S/C21H26FN3O2/c1-16(2)27-20-10-6-4-8-18(20)23-15-21(26)25-13-11-24(12-14-25)19-9-5-3-7-17(19)22/h3-10,16,23H,11-15H2,1-2H3. The molecule has 0 spiro atoms. The number of ether oxygens (including phenoxy) is 1. The molecule has 0 bridgehead atoms. The number of nitrogens with one attached hydrogen (secondary N) is 1. The summed E-state index contributed by atoms with van der Waals surface area (Å²) in [6.45, 7) is 6.56. The Morgan fingerprint density at radius 2 is 1.74 bits per heavy atom. The van der Waals surface area contributed by atoms with Gasteiger partial charge >= 0.3 is 0 Å². The highest BCUT2D eigenvalue weighted by Crippen LogP contribution is 2.25. The molecule has 27 heavy (non-hydrogen) atoms. The van der Waals surface area contributed by atoms with E-state index in [2.05, 4.69) is 5.32 Å². The van der Waals surface area contributed by atoms with Crippen LogP contribution in [0.15, 0.2) is 48.5 Å². The lowest BCUT2D eigenvalue weighted by Crippen LogP contribution is -2.50. The van der Waals surface area contributed by atoms with Gasteiger partial charge in [0, 0.05) is 26.2 Å². The molecule has 144 valence electrons. The Morgan fingerprint density at radius 1 is 1.07 bits per heavy atom. The number of hydrogen-bond acceptors (Lipinski definition) is 4. The van der Waals surface area contributed by atoms with Crippen LogP contribution >= 0.6 is 0 Å². The monoisotopic (exact) mass is 371 g/mol. The molecule has 3 rings (SSSR count). The van der Waals surface area contributed by atoms with Gasteiger partial charge in [0.25, 0.3) is 0 Å². The smallest absolute Gasteiger partial charge is 0.241 e. The third kappa shape index (κ3) is 4.90. The maximum atomic E-state index is 13.9. The fraction of sp³-hybridized carbons (Fsp3) is 0.381. The summed E-state index contributed by atoms with van der Waals surface area (Å²) < 4.78 is 19.7. The quantitative estimate of drug-likeness (QED) is 0.846. The predicted molar refractivity (Wildman–Crippen MR) is 106 cm³/mol. The number of para-hydroxylation sites is 3. The first-order valence-corrected chi connectivity index (χ1v) is 9.31. The third-order valence-corrected chi connectivity index (χ3v) is 4.51. The molecule has 0 atom stereocenters. The lowest BCUT2D eigenvalue weighted by Gasteiger charge is -2.36. The van der Waals surface area contributed by atoms with Gasteiger partial charge in [-0.1, -0.05) is 24.3 Å². The number of piperazine rings is 1. The van der Waals surface area contributed by atoms with Crippen LogP contribution in [0, 0.1) is 5.82 Å². The van der Waals surface area contributed by atoms with Gasteiger partial charge in [-0.25, -0.2) is 4.39 Å². The van der Waals surface area contributed by atoms with E-state index >= 15 is 0 Å². The second-order valence-corrected chi connectivity index (χ2v) is 6.84. The normalized spacial score (nSPS) is 14.4. The SMILES string of the molecule is CC(C)Oc1ccccc1NCC(=O)N1CCN(c2ccccc2F)CC1. The molecule has 1 N–H and O–H groups in total. The highest BCUT2D eigenvalue weighted by atomic mass is 19.1. The molecule has 0 radical (unpaired) electrons. The molecule has 6 heteroatoms. The molecule has 1 aliphatic rings. The van der Waals surface area contributed by atoms with E-state index in [0.717, 1.165) is 11.4 Å². The molecule has 5 nitrogen and oxygen atoms in total. The Morgan fingerprint density at radius 3 is 2.44 bits per heavy atom. The van der Waals surface area contributed by atoms with Gasteiger partial charge in [-0.3, -0.25) is 4.79 Å². The van der Waals surface area contributed by atoms with E-state index in [4.69, 9.17) is 4.74 Å². The number of amides is 1. The first-order chi connectivity index (χ1) is 13.0. The Labute approximate surface area is 159 Å². The van der Waals surface area contributed by atoms with Gasteiger partial charge < -0.3 is 19.9 Å². The van der Waals surface area contributed by atoms with Crippen LogP contribution in [0.4, 0.5) is 15.8 Å². The zero-order valence-electron chi connectivity index (χ0n) is 15.8. The van der Waals surface area contributed by atoms with E-state index in [1.807, 2.05) is 54.0 Å². The van der Waals surface area contributed by atoms with E-state index in [1.54, 1.807) is 12.1 Å². The first kappa shape index (κ1) is 19.0. The Bertz CT molecular complexity index is 774. The molecule has 1 aliphatic heterocycles. The summed E-state index contributed by atoms with van der Waals surface area (Å²) in [5.41, 5.74) is 1.41. The lowest BCUT2D eigenvalue weighted by atomic mass is 10.2. The maximum absolute atomic E-state index is 13.9. The summed E-state index contributed by atoms with van der Waals surface area (Å²) in [6, 6.07) is 14.4. The number of hydrogen-bond donors (Lipinski definition) is 1. The van der Waals surface area contributed by atoms with Crippen molar-refractivity contribution in [2.45, 2.75) is 20.0 Å². The van der Waals surface area contributed by atoms with E-state index < -0.39 is 0 Å². The number of carbonyl (C=O) groups is 1. The zero-order chi connectivity index (χ0) is 19.2. The Kier molecular flexibility index (Phi) is 6.16. The minimum absolute atomic E-state index is 0.0301. The number of nitrogens with zero attached hydrogens (tertiary/aromatic N) is 2. The molecule has 2 aromatic carbocycles. The highest BCUT2D eigenvalue weighted by Gasteiger charge is 2.22. The van der Waals surface area contributed by atoms with Crippen LogP contribution in [0.5, 0.6) is 5.75 Å². The number of benzene rings is 2. The number of halogens is 1. The maximum Gasteiger partial charge on any atom is 0.241 e. The number of anilines is 2. The van der Waals surface area contributed by atoms with Gasteiger partial charge in [-0.05, 0) is 38.1 Å². The molecule has 0 saturated carbocycles. The highest BCUT2D eigenvalue weighted by molar-refractivity contribution is 5.81. The third-order valence-electron chi connectivity index (χ3n) is 4.51. The second-order valence-electron chi connectivity index (χ2n) is 6.84. The van der Waals surface area contributed by atoms with Gasteiger partial charge in [0.05, 0.1) is 24.0 Å². The van der Waals surface area contributed by atoms with Crippen molar-refractivity contribution in [3.8, 4) is 5.75 Å². The topological polar surface area (TPSA) is 44.8 Å². The van der Waals surface area contributed by atoms with Crippen LogP contribution in [-0.2, 0) is 4.79 Å². The molecule has 1 saturated heterocycles. The van der Waals surface area contributed by atoms with Gasteiger partial charge in [0.15, 0.2) is 0 Å². The van der Waals surface area contributed by atoms with Crippen molar-refractivity contribution in [1.82, 2.24) is 4.90 Å². The van der Waals surface area contributed by atoms with Gasteiger partial charge in [-0.15, -0.1) is 0 Å². The largest absolute Gasteiger partial charge is 0.489 e. The van der Waals surface area contributed by atoms with Crippen LogP contribution in [0.2, 0.25) is 0 Å². The second kappa shape index (κ2) is 8.75. The van der Waals surface area contributed by atoms with Crippen molar-refractivity contribution in [2.75, 3.05) is 42.9 Å². The van der Waals surface area contributed by atoms with Crippen molar-refractivity contribution in [3.05, 3.63) is 54.3 Å². The summed E-state index contributed by atoms with van der Waals surface area (Å²) in [7, 11) is 0. The molecular formula is C21H26FN3O2. The molecule has 0 aliphatic carbocycles. The van der Waals surface area contributed by atoms with Crippen LogP contribution < -0.4 is 15.0 Å². The molecule has 1 amide bonds. The van der Waals surface area contributed by atoms with E-state index in [0.29, 0.717) is 31.9 Å². The van der Waals surface area contributed by atoms with Crippen LogP contribution in [0.1, 0.15) is 13.8 Å². The van der Waals surface area contributed by atoms with Crippen LogP contribution in [0.3, 0.4) is 0 Å². The summed E-state index contributed by atoms with van der Waals surface area (Å²) in [4.78, 5) is 16.3. The van der Waals surface area contributed by atoms with Crippen molar-refractivity contribution < 1.29 is 13.9 Å². The zero-order valence-corrected chi connectivity index (χ0v) is 15.8. The lowest BCUT2D eigenvalue weighted by molar-refractivity contribution is -0.129. The summed E-state index contributed by atoms with van der Waals surface area (Å²) in [5.74, 6) is 0.549. The van der Waals surface area contributed by atoms with E-state index in [1.165, 1.54) is 6.07 Å². The molecular weight excluding hydrogens is 345 g/mol. The van der Waals surface area contributed by atoms with Crippen LogP contribution in [0.25, 0.3) is 0 Å². The number of carbonyl (C=O) groups excluding carboxylic acids is 1. The molecule has 1 heterocycles. The number of rotatable bonds is 6. The first-order valence-electron chi connectivity index (χ1n) is 9.31. The van der Waals surface area contributed by atoms with Gasteiger partial charge in [-0.2, -0.15) is 0 Å². The molecule has 0 aromatic heterocycles. The fourth-order valence-electron chi connectivity index (χ4n) is 3.16. The van der Waals surface area contributed by atoms with Gasteiger partial charge in [0.1, 0.15) is 11.6 Å². The van der Waals surface area contributed by atoms with Crippen molar-refractivity contribution in [2.24, 2.45) is 0 Å². The Balaban J connectivity index is 1.53. The summed E-state index contributed by atoms with van der Waals surface area (Å²) >= 11 is 0. The van der Waals surface area contributed by atoms with Crippen molar-refractivity contribution in [3.63, 3.8) is 0 Å². The minimum atomic E-state index is -0.222. The van der Waals surface area contributed by atoms with E-state index in [9.17, 15) is 9.18 Å². The Hall–Kier alpha value is -2.76. The minimum Gasteiger partial charge on any atom is -0.489 e. The van der Waals surface area contributed by atoms with Gasteiger partial charge in [0.2, 0.25) is 5.91 Å². The molecule has 0 unspecified atom stereocenters. The molecule has 2 aromatic rings. The van der Waals surface area contributed by atoms with Crippen molar-refractivity contribution >= 4 is 17.3 Å². The fourth-order valence-corrected chi connectivity index (χ4v) is 3.16. The average molecular weight is 371 g/mol. The summed E-state index contributed by atoms with van der Waals surface area (Å²) in [5, 5.41) is 3.18. The van der Waals surface area contributed by atoms with Crippen molar-refractivity contribution in [1.29, 1.82) is 0 Å². The average Bonchev–Trinajstić information content (AvgIpc) is 2.67. The molecule has 1 fully saturated rings. The van der Waals surface area contributed by atoms with Crippen LogP contribution in [-0.4, -0.2) is 49.6 Å².